The van der Waals surface area contributed by atoms with Crippen LogP contribution in [0.4, 0.5) is 11.4 Å². The fourth-order valence-corrected chi connectivity index (χ4v) is 2.56. The van der Waals surface area contributed by atoms with E-state index in [0.717, 1.165) is 36.1 Å². The highest BCUT2D eigenvalue weighted by Crippen LogP contribution is 2.14. The summed E-state index contributed by atoms with van der Waals surface area (Å²) in [4.78, 5) is 22.0. The monoisotopic (exact) mass is 377 g/mol. The topological polar surface area (TPSA) is 98.3 Å². The number of rotatable bonds is 9. The molecule has 7 heteroatoms. The van der Waals surface area contributed by atoms with Gasteiger partial charge in [-0.05, 0) is 42.9 Å². The average Bonchev–Trinajstić information content (AvgIpc) is 2.61. The minimum Gasteiger partial charge on any atom is -0.399 e. The molecular formula is C19H24ClN3O3. The summed E-state index contributed by atoms with van der Waals surface area (Å²) in [5.74, 6) is 0.0265. The Morgan fingerprint density at radius 1 is 1.04 bits per heavy atom. The Morgan fingerprint density at radius 2 is 1.73 bits per heavy atom. The van der Waals surface area contributed by atoms with Crippen molar-refractivity contribution >= 4 is 29.7 Å². The molecule has 2 rings (SSSR count). The number of carbonyl (C=O) groups is 1. The number of nitrogens with two attached hydrogens (primary N) is 1. The number of nitro benzene ring substituents is 1. The molecule has 0 aliphatic rings. The first-order valence-electron chi connectivity index (χ1n) is 8.39. The lowest BCUT2D eigenvalue weighted by molar-refractivity contribution is -0.384. The average molecular weight is 378 g/mol. The van der Waals surface area contributed by atoms with Gasteiger partial charge in [-0.2, -0.15) is 0 Å². The molecular weight excluding hydrogens is 354 g/mol. The number of nitro groups is 1. The van der Waals surface area contributed by atoms with Crippen LogP contribution in [-0.2, 0) is 17.6 Å². The fourth-order valence-electron chi connectivity index (χ4n) is 2.56. The van der Waals surface area contributed by atoms with Crippen LogP contribution < -0.4 is 11.1 Å². The van der Waals surface area contributed by atoms with Crippen LogP contribution in [-0.4, -0.2) is 17.4 Å². The number of halogens is 1. The summed E-state index contributed by atoms with van der Waals surface area (Å²) in [7, 11) is 0. The van der Waals surface area contributed by atoms with E-state index in [9.17, 15) is 14.9 Å². The van der Waals surface area contributed by atoms with E-state index in [1.165, 1.54) is 12.1 Å². The van der Waals surface area contributed by atoms with Crippen molar-refractivity contribution in [2.75, 3.05) is 12.3 Å². The summed E-state index contributed by atoms with van der Waals surface area (Å²) >= 11 is 0. The molecule has 0 saturated carbocycles. The van der Waals surface area contributed by atoms with Crippen LogP contribution in [0.5, 0.6) is 0 Å². The summed E-state index contributed by atoms with van der Waals surface area (Å²) in [6, 6.07) is 14.2. The maximum Gasteiger partial charge on any atom is 0.269 e. The van der Waals surface area contributed by atoms with Crippen molar-refractivity contribution in [3.63, 3.8) is 0 Å². The second-order valence-electron chi connectivity index (χ2n) is 5.93. The summed E-state index contributed by atoms with van der Waals surface area (Å²) in [5.41, 5.74) is 8.75. The molecule has 0 unspecified atom stereocenters. The van der Waals surface area contributed by atoms with E-state index in [0.29, 0.717) is 19.4 Å². The molecule has 2 aromatic carbocycles. The molecule has 1 amide bonds. The normalized spacial score (nSPS) is 10.0. The lowest BCUT2D eigenvalue weighted by Crippen LogP contribution is -2.24. The van der Waals surface area contributed by atoms with Crippen LogP contribution in [0.15, 0.2) is 48.5 Å². The standard InChI is InChI=1S/C19H23N3O3.ClH/c20-18-7-2-1-6-16(18)10-13-19(23)21-14-4-3-5-15-8-11-17(12-9-15)22(24)25;/h1-2,6-9,11-12H,3-5,10,13-14,20H2,(H,21,23);1H. The number of non-ortho nitro benzene ring substituents is 1. The van der Waals surface area contributed by atoms with Gasteiger partial charge in [-0.3, -0.25) is 14.9 Å². The number of para-hydroxylation sites is 1. The van der Waals surface area contributed by atoms with Crippen LogP contribution in [0.2, 0.25) is 0 Å². The summed E-state index contributed by atoms with van der Waals surface area (Å²) in [6.45, 7) is 0.635. The third-order valence-electron chi connectivity index (χ3n) is 4.04. The highest BCUT2D eigenvalue weighted by atomic mass is 35.5. The number of nitrogens with one attached hydrogen (secondary N) is 1. The van der Waals surface area contributed by atoms with E-state index >= 15 is 0 Å². The van der Waals surface area contributed by atoms with Gasteiger partial charge < -0.3 is 11.1 Å². The van der Waals surface area contributed by atoms with Crippen molar-refractivity contribution in [1.82, 2.24) is 5.32 Å². The lowest BCUT2D eigenvalue weighted by atomic mass is 10.1. The second-order valence-corrected chi connectivity index (χ2v) is 5.93. The summed E-state index contributed by atoms with van der Waals surface area (Å²) in [6.07, 6.45) is 3.70. The molecule has 0 saturated heterocycles. The van der Waals surface area contributed by atoms with Crippen molar-refractivity contribution in [1.29, 1.82) is 0 Å². The molecule has 0 aliphatic heterocycles. The van der Waals surface area contributed by atoms with Crippen LogP contribution in [0.1, 0.15) is 30.4 Å². The number of anilines is 1. The first-order valence-corrected chi connectivity index (χ1v) is 8.39. The highest BCUT2D eigenvalue weighted by molar-refractivity contribution is 5.85. The van der Waals surface area contributed by atoms with Crippen LogP contribution in [0.25, 0.3) is 0 Å². The zero-order valence-electron chi connectivity index (χ0n) is 14.5. The maximum atomic E-state index is 11.8. The van der Waals surface area contributed by atoms with Gasteiger partial charge in [0.2, 0.25) is 5.91 Å². The van der Waals surface area contributed by atoms with E-state index < -0.39 is 4.92 Å². The molecule has 0 radical (unpaired) electrons. The van der Waals surface area contributed by atoms with E-state index in [1.807, 2.05) is 24.3 Å². The van der Waals surface area contributed by atoms with Crippen molar-refractivity contribution in [2.24, 2.45) is 0 Å². The van der Waals surface area contributed by atoms with Crippen molar-refractivity contribution in [3.8, 4) is 0 Å². The van der Waals surface area contributed by atoms with Crippen LogP contribution in [0, 0.1) is 10.1 Å². The minimum atomic E-state index is -0.400. The predicted molar refractivity (Wildman–Crippen MR) is 105 cm³/mol. The van der Waals surface area contributed by atoms with Gasteiger partial charge in [-0.25, -0.2) is 0 Å². The van der Waals surface area contributed by atoms with Crippen molar-refractivity contribution < 1.29 is 9.72 Å². The first-order chi connectivity index (χ1) is 12.1. The number of amides is 1. The Bertz CT molecular complexity index is 720. The zero-order chi connectivity index (χ0) is 18.1. The maximum absolute atomic E-state index is 11.8. The Morgan fingerprint density at radius 3 is 2.38 bits per heavy atom. The number of nitrogens with zero attached hydrogens (tertiary/aromatic N) is 1. The largest absolute Gasteiger partial charge is 0.399 e. The molecule has 0 bridgehead atoms. The summed E-state index contributed by atoms with van der Waals surface area (Å²) < 4.78 is 0. The van der Waals surface area contributed by atoms with Gasteiger partial charge in [0.1, 0.15) is 0 Å². The molecule has 0 spiro atoms. The van der Waals surface area contributed by atoms with Crippen LogP contribution >= 0.6 is 12.4 Å². The highest BCUT2D eigenvalue weighted by Gasteiger charge is 2.05. The van der Waals surface area contributed by atoms with Gasteiger partial charge in [0.05, 0.1) is 4.92 Å². The molecule has 140 valence electrons. The Kier molecular flexibility index (Phi) is 9.15. The van der Waals surface area contributed by atoms with E-state index in [1.54, 1.807) is 12.1 Å². The Balaban J connectivity index is 0.00000338. The first kappa shape index (κ1) is 21.4. The number of hydrogen-bond donors (Lipinski definition) is 2. The lowest BCUT2D eigenvalue weighted by Gasteiger charge is -2.07. The number of carbonyl (C=O) groups excluding carboxylic acids is 1. The number of nitrogen functional groups attached to an aromatic ring is 1. The van der Waals surface area contributed by atoms with Crippen molar-refractivity contribution in [3.05, 3.63) is 69.8 Å². The molecule has 6 nitrogen and oxygen atoms in total. The second kappa shape index (κ2) is 11.1. The molecule has 2 aromatic rings. The zero-order valence-corrected chi connectivity index (χ0v) is 15.3. The number of benzene rings is 2. The van der Waals surface area contributed by atoms with E-state index in [2.05, 4.69) is 5.32 Å². The Hall–Kier alpha value is -2.60. The number of aryl methyl sites for hydroxylation is 2. The molecule has 0 heterocycles. The van der Waals surface area contributed by atoms with Gasteiger partial charge >= 0.3 is 0 Å². The van der Waals surface area contributed by atoms with Gasteiger partial charge in [-0.15, -0.1) is 12.4 Å². The fraction of sp³-hybridized carbons (Fsp3) is 0.316. The quantitative estimate of drug-likeness (QED) is 0.301. The van der Waals surface area contributed by atoms with Crippen molar-refractivity contribution in [2.45, 2.75) is 32.1 Å². The van der Waals surface area contributed by atoms with Crippen LogP contribution in [0.3, 0.4) is 0 Å². The van der Waals surface area contributed by atoms with E-state index in [4.69, 9.17) is 5.73 Å². The molecule has 0 atom stereocenters. The molecule has 0 aromatic heterocycles. The molecule has 26 heavy (non-hydrogen) atoms. The summed E-state index contributed by atoms with van der Waals surface area (Å²) in [5, 5.41) is 13.5. The van der Waals surface area contributed by atoms with E-state index in [-0.39, 0.29) is 24.0 Å². The SMILES string of the molecule is Cl.Nc1ccccc1CCC(=O)NCCCCc1ccc([N+](=O)[O-])cc1. The van der Waals surface area contributed by atoms with Gasteiger partial charge in [0.25, 0.3) is 5.69 Å². The number of hydrogen-bond acceptors (Lipinski definition) is 4. The minimum absolute atomic E-state index is 0. The van der Waals surface area contributed by atoms with Gasteiger partial charge in [0.15, 0.2) is 0 Å². The number of unbranched alkanes of at least 4 members (excludes halogenated alkanes) is 1. The third kappa shape index (κ3) is 7.11. The predicted octanol–water partition coefficient (Wildman–Crippen LogP) is 3.67. The molecule has 0 fully saturated rings. The molecule has 0 aliphatic carbocycles. The van der Waals surface area contributed by atoms with Gasteiger partial charge in [0, 0.05) is 30.8 Å². The Labute approximate surface area is 159 Å². The third-order valence-corrected chi connectivity index (χ3v) is 4.04. The van der Waals surface area contributed by atoms with Gasteiger partial charge in [-0.1, -0.05) is 30.3 Å². The molecule has 3 N–H and O–H groups in total. The smallest absolute Gasteiger partial charge is 0.269 e.